The second-order valence-electron chi connectivity index (χ2n) is 4.15. The van der Waals surface area contributed by atoms with Gasteiger partial charge in [0.15, 0.2) is 0 Å². The van der Waals surface area contributed by atoms with E-state index in [0.717, 1.165) is 6.07 Å². The van der Waals surface area contributed by atoms with Gasteiger partial charge in [0.2, 0.25) is 15.8 Å². The lowest BCUT2D eigenvalue weighted by Gasteiger charge is -2.11. The maximum Gasteiger partial charge on any atom is 0.371 e. The van der Waals surface area contributed by atoms with Crippen LogP contribution in [0.15, 0.2) is 27.8 Å². The number of carboxylic acid groups (broad SMARTS) is 1. The average molecular weight is 299 g/mol. The Labute approximate surface area is 114 Å². The summed E-state index contributed by atoms with van der Waals surface area (Å²) in [5.41, 5.74) is 0. The standard InChI is InChI=1S/C11H13N3O5S/c1-6(10-12-3-4-13-10)14-20(17,18)9-5-8(11(15)16)19-7(9)2/h3-6,14H,1-2H3,(H,12,13)(H,15,16). The zero-order valence-corrected chi connectivity index (χ0v) is 11.6. The van der Waals surface area contributed by atoms with Gasteiger partial charge in [0.1, 0.15) is 16.5 Å². The molecule has 9 heteroatoms. The molecule has 0 bridgehead atoms. The van der Waals surface area contributed by atoms with Gasteiger partial charge in [-0.2, -0.15) is 0 Å². The minimum absolute atomic E-state index is 0.0153. The van der Waals surface area contributed by atoms with Gasteiger partial charge in [-0.15, -0.1) is 0 Å². The van der Waals surface area contributed by atoms with Crippen molar-refractivity contribution < 1.29 is 22.7 Å². The van der Waals surface area contributed by atoms with Gasteiger partial charge < -0.3 is 14.5 Å². The van der Waals surface area contributed by atoms with Gasteiger partial charge in [-0.05, 0) is 13.8 Å². The van der Waals surface area contributed by atoms with E-state index in [1.165, 1.54) is 13.1 Å². The number of aromatic carboxylic acids is 1. The second-order valence-corrected chi connectivity index (χ2v) is 5.84. The Bertz CT molecular complexity index is 717. The van der Waals surface area contributed by atoms with Crippen LogP contribution in [-0.4, -0.2) is 29.5 Å². The van der Waals surface area contributed by atoms with E-state index in [4.69, 9.17) is 9.52 Å². The highest BCUT2D eigenvalue weighted by Crippen LogP contribution is 2.21. The van der Waals surface area contributed by atoms with E-state index in [1.54, 1.807) is 13.1 Å². The van der Waals surface area contributed by atoms with E-state index in [0.29, 0.717) is 5.82 Å². The number of H-pyrrole nitrogens is 1. The molecule has 3 N–H and O–H groups in total. The molecule has 0 amide bonds. The lowest BCUT2D eigenvalue weighted by atomic mass is 10.3. The summed E-state index contributed by atoms with van der Waals surface area (Å²) in [6, 6.07) is 0.395. The van der Waals surface area contributed by atoms with Crippen LogP contribution in [0, 0.1) is 6.92 Å². The van der Waals surface area contributed by atoms with Crippen LogP contribution >= 0.6 is 0 Å². The van der Waals surface area contributed by atoms with Gasteiger partial charge in [-0.1, -0.05) is 0 Å². The Balaban J connectivity index is 2.29. The van der Waals surface area contributed by atoms with Gasteiger partial charge in [-0.3, -0.25) is 0 Å². The summed E-state index contributed by atoms with van der Waals surface area (Å²) in [6.45, 7) is 3.00. The Hall–Kier alpha value is -2.13. The number of hydrogen-bond acceptors (Lipinski definition) is 5. The minimum atomic E-state index is -3.90. The number of carbonyl (C=O) groups is 1. The van der Waals surface area contributed by atoms with Crippen LogP contribution in [0.2, 0.25) is 0 Å². The van der Waals surface area contributed by atoms with E-state index in [9.17, 15) is 13.2 Å². The number of aryl methyl sites for hydroxylation is 1. The van der Waals surface area contributed by atoms with Crippen LogP contribution in [0.1, 0.15) is 35.1 Å². The van der Waals surface area contributed by atoms with Crippen LogP contribution in [-0.2, 0) is 10.0 Å². The predicted octanol–water partition coefficient (Wildman–Crippen LogP) is 1.05. The van der Waals surface area contributed by atoms with Gasteiger partial charge in [0.05, 0.1) is 6.04 Å². The predicted molar refractivity (Wildman–Crippen MR) is 67.7 cm³/mol. The summed E-state index contributed by atoms with van der Waals surface area (Å²) < 4.78 is 31.7. The highest BCUT2D eigenvalue weighted by molar-refractivity contribution is 7.89. The fourth-order valence-electron chi connectivity index (χ4n) is 1.70. The summed E-state index contributed by atoms with van der Waals surface area (Å²) in [7, 11) is -3.90. The summed E-state index contributed by atoms with van der Waals surface area (Å²) in [5, 5.41) is 8.80. The number of imidazole rings is 1. The van der Waals surface area contributed by atoms with E-state index in [2.05, 4.69) is 14.7 Å². The van der Waals surface area contributed by atoms with Crippen LogP contribution in [0.25, 0.3) is 0 Å². The SMILES string of the molecule is Cc1oc(C(=O)O)cc1S(=O)(=O)NC(C)c1ncc[nH]1. The third kappa shape index (κ3) is 2.73. The van der Waals surface area contributed by atoms with E-state index < -0.39 is 27.8 Å². The largest absolute Gasteiger partial charge is 0.475 e. The Kier molecular flexibility index (Phi) is 3.64. The summed E-state index contributed by atoms with van der Waals surface area (Å²) in [4.78, 5) is 17.3. The highest BCUT2D eigenvalue weighted by Gasteiger charge is 2.26. The molecule has 0 aliphatic carbocycles. The van der Waals surface area contributed by atoms with E-state index >= 15 is 0 Å². The maximum absolute atomic E-state index is 12.2. The number of aromatic amines is 1. The van der Waals surface area contributed by atoms with Gasteiger partial charge >= 0.3 is 5.97 Å². The Morgan fingerprint density at radius 1 is 1.55 bits per heavy atom. The molecule has 2 rings (SSSR count). The maximum atomic E-state index is 12.2. The summed E-state index contributed by atoms with van der Waals surface area (Å²) >= 11 is 0. The molecule has 0 fully saturated rings. The normalized spacial score (nSPS) is 13.3. The molecule has 0 radical (unpaired) electrons. The zero-order chi connectivity index (χ0) is 14.9. The molecule has 20 heavy (non-hydrogen) atoms. The van der Waals surface area contributed by atoms with Crippen LogP contribution in [0.3, 0.4) is 0 Å². The first kappa shape index (κ1) is 14.3. The fraction of sp³-hybridized carbons (Fsp3) is 0.273. The van der Waals surface area contributed by atoms with Crippen molar-refractivity contribution in [1.82, 2.24) is 14.7 Å². The lowest BCUT2D eigenvalue weighted by Crippen LogP contribution is -2.27. The molecule has 1 unspecified atom stereocenters. The number of nitrogens with zero attached hydrogens (tertiary/aromatic N) is 1. The van der Waals surface area contributed by atoms with Crippen molar-refractivity contribution in [3.63, 3.8) is 0 Å². The number of sulfonamides is 1. The molecule has 0 saturated heterocycles. The number of hydrogen-bond donors (Lipinski definition) is 3. The quantitative estimate of drug-likeness (QED) is 0.757. The second kappa shape index (κ2) is 5.10. The molecule has 1 atom stereocenters. The minimum Gasteiger partial charge on any atom is -0.475 e. The summed E-state index contributed by atoms with van der Waals surface area (Å²) in [6.07, 6.45) is 3.08. The molecule has 0 saturated carbocycles. The molecule has 108 valence electrons. The van der Waals surface area contributed by atoms with Crippen molar-refractivity contribution in [2.24, 2.45) is 0 Å². The van der Waals surface area contributed by atoms with Crippen molar-refractivity contribution in [1.29, 1.82) is 0 Å². The lowest BCUT2D eigenvalue weighted by molar-refractivity contribution is 0.0661. The number of aromatic nitrogens is 2. The van der Waals surface area contributed by atoms with Crippen molar-refractivity contribution in [2.75, 3.05) is 0 Å². The molecule has 2 aromatic heterocycles. The van der Waals surface area contributed by atoms with Gasteiger partial charge in [0.25, 0.3) is 0 Å². The fourth-order valence-corrected chi connectivity index (χ4v) is 3.09. The topological polar surface area (TPSA) is 125 Å². The van der Waals surface area contributed by atoms with Crippen LogP contribution in [0.5, 0.6) is 0 Å². The van der Waals surface area contributed by atoms with Gasteiger partial charge in [0, 0.05) is 18.5 Å². The highest BCUT2D eigenvalue weighted by atomic mass is 32.2. The molecular formula is C11H13N3O5S. The summed E-state index contributed by atoms with van der Waals surface area (Å²) in [5.74, 6) is -1.28. The van der Waals surface area contributed by atoms with Crippen molar-refractivity contribution >= 4 is 16.0 Å². The number of rotatable bonds is 5. The van der Waals surface area contributed by atoms with Crippen molar-refractivity contribution in [2.45, 2.75) is 24.8 Å². The number of carboxylic acids is 1. The molecule has 0 spiro atoms. The van der Waals surface area contributed by atoms with Crippen LogP contribution in [0.4, 0.5) is 0 Å². The third-order valence-electron chi connectivity index (χ3n) is 2.63. The molecule has 0 aliphatic rings. The number of furan rings is 1. The number of nitrogens with one attached hydrogen (secondary N) is 2. The average Bonchev–Trinajstić information content (AvgIpc) is 2.96. The first-order chi connectivity index (χ1) is 9.31. The smallest absolute Gasteiger partial charge is 0.371 e. The molecule has 2 aromatic rings. The third-order valence-corrected chi connectivity index (χ3v) is 4.28. The Morgan fingerprint density at radius 2 is 2.25 bits per heavy atom. The van der Waals surface area contributed by atoms with E-state index in [-0.39, 0.29) is 10.7 Å². The molecule has 8 nitrogen and oxygen atoms in total. The van der Waals surface area contributed by atoms with Crippen molar-refractivity contribution in [3.05, 3.63) is 35.8 Å². The molecule has 0 aromatic carbocycles. The first-order valence-corrected chi connectivity index (χ1v) is 7.15. The van der Waals surface area contributed by atoms with Crippen LogP contribution < -0.4 is 4.72 Å². The van der Waals surface area contributed by atoms with Crippen molar-refractivity contribution in [3.8, 4) is 0 Å². The zero-order valence-electron chi connectivity index (χ0n) is 10.7. The molecule has 2 heterocycles. The molecule has 0 aliphatic heterocycles. The first-order valence-electron chi connectivity index (χ1n) is 5.66. The Morgan fingerprint density at radius 3 is 2.75 bits per heavy atom. The van der Waals surface area contributed by atoms with E-state index in [1.807, 2.05) is 0 Å². The van der Waals surface area contributed by atoms with Gasteiger partial charge in [-0.25, -0.2) is 22.9 Å². The monoisotopic (exact) mass is 299 g/mol. The molecular weight excluding hydrogens is 286 g/mol.